The van der Waals surface area contributed by atoms with E-state index in [0.29, 0.717) is 47.9 Å². The van der Waals surface area contributed by atoms with Crippen LogP contribution in [-0.4, -0.2) is 54.7 Å². The summed E-state index contributed by atoms with van der Waals surface area (Å²) < 4.78 is 51.6. The molecule has 51 heavy (non-hydrogen) atoms. The lowest BCUT2D eigenvalue weighted by Crippen LogP contribution is -2.48. The van der Waals surface area contributed by atoms with E-state index in [-0.39, 0.29) is 36.2 Å². The average Bonchev–Trinajstić information content (AvgIpc) is 3.91. The molecule has 1 saturated carbocycles. The standard InChI is InChI=1S/C40H46F3N3O5/c1-24(25-7-11-27(12-8-25)35-19-34(40(41,42)43)14-13-28(35)20-44-38(49)51-39(2,3)4)45-36(47)32-17-30(26-9-10-26)16-31(18-32)29-6-5-15-46(21-29)37(48)33-22-50-23-33/h7-8,11-14,16-19,24,26,29,33H,5-6,9-10,15,20-23H2,1-4H3,(H,44,49)(H,45,47)/t24-,29?/m1/s1. The number of halogens is 3. The van der Waals surface area contributed by atoms with Crippen LogP contribution in [-0.2, 0) is 27.0 Å². The zero-order valence-corrected chi connectivity index (χ0v) is 29.6. The smallest absolute Gasteiger partial charge is 0.416 e. The van der Waals surface area contributed by atoms with E-state index >= 15 is 0 Å². The van der Waals surface area contributed by atoms with Crippen molar-refractivity contribution in [2.45, 2.75) is 89.6 Å². The predicted molar refractivity (Wildman–Crippen MR) is 187 cm³/mol. The third kappa shape index (κ3) is 9.11. The van der Waals surface area contributed by atoms with Crippen molar-refractivity contribution in [1.82, 2.24) is 15.5 Å². The summed E-state index contributed by atoms with van der Waals surface area (Å²) in [6, 6.07) is 16.2. The SMILES string of the molecule is C[C@@H](NC(=O)c1cc(C2CC2)cc(C2CCCN(C(=O)C3COC3)C2)c1)c1ccc(-c2cc(C(F)(F)F)ccc2CNC(=O)OC(C)(C)C)cc1. The second-order valence-corrected chi connectivity index (χ2v) is 15.1. The molecule has 2 heterocycles. The van der Waals surface area contributed by atoms with E-state index in [1.54, 1.807) is 45.0 Å². The summed E-state index contributed by atoms with van der Waals surface area (Å²) in [6.45, 7) is 9.39. The molecule has 3 aromatic rings. The summed E-state index contributed by atoms with van der Waals surface area (Å²) in [6.07, 6.45) is -1.16. The Morgan fingerprint density at radius 2 is 1.61 bits per heavy atom. The monoisotopic (exact) mass is 705 g/mol. The van der Waals surface area contributed by atoms with Gasteiger partial charge in [0.05, 0.1) is 30.7 Å². The van der Waals surface area contributed by atoms with E-state index in [0.717, 1.165) is 61.1 Å². The number of nitrogens with one attached hydrogen (secondary N) is 2. The maximum Gasteiger partial charge on any atom is 0.416 e. The first-order valence-corrected chi connectivity index (χ1v) is 17.7. The molecule has 6 rings (SSSR count). The van der Waals surface area contributed by atoms with Gasteiger partial charge in [0.2, 0.25) is 5.91 Å². The van der Waals surface area contributed by atoms with Crippen LogP contribution in [0.4, 0.5) is 18.0 Å². The number of likely N-dealkylation sites (tertiary alicyclic amines) is 1. The molecule has 3 aromatic carbocycles. The molecule has 1 aliphatic carbocycles. The van der Waals surface area contributed by atoms with E-state index in [2.05, 4.69) is 16.7 Å². The lowest BCUT2D eigenvalue weighted by atomic mass is 9.87. The van der Waals surface area contributed by atoms with Crippen LogP contribution >= 0.6 is 0 Å². The molecule has 2 saturated heterocycles. The molecule has 11 heteroatoms. The molecule has 0 radical (unpaired) electrons. The maximum absolute atomic E-state index is 13.7. The van der Waals surface area contributed by atoms with Crippen molar-refractivity contribution >= 4 is 17.9 Å². The van der Waals surface area contributed by atoms with E-state index < -0.39 is 23.4 Å². The molecule has 3 aliphatic rings. The highest BCUT2D eigenvalue weighted by atomic mass is 19.4. The highest BCUT2D eigenvalue weighted by Crippen LogP contribution is 2.42. The third-order valence-corrected chi connectivity index (χ3v) is 9.81. The minimum absolute atomic E-state index is 0.0246. The first-order chi connectivity index (χ1) is 24.1. The van der Waals surface area contributed by atoms with Crippen LogP contribution in [0.15, 0.2) is 60.7 Å². The molecule has 2 atom stereocenters. The van der Waals surface area contributed by atoms with E-state index in [4.69, 9.17) is 9.47 Å². The van der Waals surface area contributed by atoms with E-state index in [1.807, 2.05) is 24.0 Å². The van der Waals surface area contributed by atoms with Gasteiger partial charge in [-0.1, -0.05) is 36.4 Å². The fourth-order valence-electron chi connectivity index (χ4n) is 6.75. The van der Waals surface area contributed by atoms with Crippen LogP contribution in [0.25, 0.3) is 11.1 Å². The minimum atomic E-state index is -4.54. The predicted octanol–water partition coefficient (Wildman–Crippen LogP) is 8.12. The van der Waals surface area contributed by atoms with Crippen molar-refractivity contribution in [2.75, 3.05) is 26.3 Å². The number of amides is 3. The Kier molecular flexibility index (Phi) is 10.5. The molecule has 8 nitrogen and oxygen atoms in total. The van der Waals surface area contributed by atoms with Gasteiger partial charge in [0.25, 0.3) is 5.91 Å². The maximum atomic E-state index is 13.7. The van der Waals surface area contributed by atoms with Gasteiger partial charge >= 0.3 is 12.3 Å². The molecule has 1 unspecified atom stereocenters. The number of hydrogen-bond acceptors (Lipinski definition) is 5. The van der Waals surface area contributed by atoms with Crippen molar-refractivity contribution in [2.24, 2.45) is 5.92 Å². The van der Waals surface area contributed by atoms with E-state index in [1.165, 1.54) is 6.07 Å². The number of piperidine rings is 1. The lowest BCUT2D eigenvalue weighted by Gasteiger charge is -2.37. The molecular formula is C40H46F3N3O5. The second kappa shape index (κ2) is 14.7. The lowest BCUT2D eigenvalue weighted by molar-refractivity contribution is -0.151. The van der Waals surface area contributed by atoms with E-state index in [9.17, 15) is 27.6 Å². The van der Waals surface area contributed by atoms with Crippen LogP contribution in [0.1, 0.15) is 109 Å². The number of alkyl carbamates (subject to hydrolysis) is 1. The summed E-state index contributed by atoms with van der Waals surface area (Å²) in [7, 11) is 0. The summed E-state index contributed by atoms with van der Waals surface area (Å²) in [5.74, 6) is 0.489. The number of carbonyl (C=O) groups excluding carboxylic acids is 3. The number of benzene rings is 3. The Balaban J connectivity index is 1.17. The molecule has 0 spiro atoms. The molecule has 3 amide bonds. The average molecular weight is 706 g/mol. The van der Waals surface area contributed by atoms with Gasteiger partial charge in [-0.3, -0.25) is 9.59 Å². The zero-order valence-electron chi connectivity index (χ0n) is 29.6. The van der Waals surface area contributed by atoms with Gasteiger partial charge in [-0.2, -0.15) is 13.2 Å². The third-order valence-electron chi connectivity index (χ3n) is 9.81. The Morgan fingerprint density at radius 1 is 0.922 bits per heavy atom. The van der Waals surface area contributed by atoms with Crippen molar-refractivity contribution < 1.29 is 37.0 Å². The number of alkyl halides is 3. The number of hydrogen-bond donors (Lipinski definition) is 2. The topological polar surface area (TPSA) is 97.0 Å². The van der Waals surface area contributed by atoms with Crippen LogP contribution in [0.5, 0.6) is 0 Å². The molecule has 3 fully saturated rings. The van der Waals surface area contributed by atoms with Gasteiger partial charge in [-0.25, -0.2) is 4.79 Å². The largest absolute Gasteiger partial charge is 0.444 e. The minimum Gasteiger partial charge on any atom is -0.444 e. The molecule has 2 N–H and O–H groups in total. The fourth-order valence-corrected chi connectivity index (χ4v) is 6.75. The van der Waals surface area contributed by atoms with Gasteiger partial charge in [0.15, 0.2) is 0 Å². The molecule has 0 bridgehead atoms. The molecule has 0 aromatic heterocycles. The van der Waals surface area contributed by atoms with Crippen molar-refractivity contribution in [3.05, 3.63) is 94.0 Å². The van der Waals surface area contributed by atoms with Crippen LogP contribution in [0.3, 0.4) is 0 Å². The first kappa shape index (κ1) is 36.4. The second-order valence-electron chi connectivity index (χ2n) is 15.1. The number of ether oxygens (including phenoxy) is 2. The summed E-state index contributed by atoms with van der Waals surface area (Å²) in [4.78, 5) is 40.9. The number of nitrogens with zero attached hydrogens (tertiary/aromatic N) is 1. The fraction of sp³-hybridized carbons (Fsp3) is 0.475. The summed E-state index contributed by atoms with van der Waals surface area (Å²) >= 11 is 0. The van der Waals surface area contributed by atoms with Crippen molar-refractivity contribution in [3.63, 3.8) is 0 Å². The summed E-state index contributed by atoms with van der Waals surface area (Å²) in [5, 5.41) is 5.74. The van der Waals surface area contributed by atoms with Gasteiger partial charge < -0.3 is 25.0 Å². The van der Waals surface area contributed by atoms with Gasteiger partial charge in [-0.05, 0) is 117 Å². The Labute approximate surface area is 297 Å². The van der Waals surface area contributed by atoms with Crippen LogP contribution < -0.4 is 10.6 Å². The van der Waals surface area contributed by atoms with Crippen molar-refractivity contribution in [1.29, 1.82) is 0 Å². The van der Waals surface area contributed by atoms with Crippen LogP contribution in [0, 0.1) is 5.92 Å². The van der Waals surface area contributed by atoms with Gasteiger partial charge in [0.1, 0.15) is 5.60 Å². The highest BCUT2D eigenvalue weighted by Gasteiger charge is 2.35. The Hall–Kier alpha value is -4.38. The summed E-state index contributed by atoms with van der Waals surface area (Å²) in [5.41, 5.74) is 3.46. The van der Waals surface area contributed by atoms with Gasteiger partial charge in [0, 0.05) is 31.1 Å². The Morgan fingerprint density at radius 3 is 2.22 bits per heavy atom. The quantitative estimate of drug-likeness (QED) is 0.235. The number of rotatable bonds is 9. The zero-order chi connectivity index (χ0) is 36.5. The van der Waals surface area contributed by atoms with Gasteiger partial charge in [-0.15, -0.1) is 0 Å². The first-order valence-electron chi connectivity index (χ1n) is 17.7. The van der Waals surface area contributed by atoms with Crippen molar-refractivity contribution in [3.8, 4) is 11.1 Å². The molecule has 2 aliphatic heterocycles. The molecule has 272 valence electrons. The highest BCUT2D eigenvalue weighted by molar-refractivity contribution is 5.95. The molecular weight excluding hydrogens is 659 g/mol. The number of carbonyl (C=O) groups is 3. The normalized spacial score (nSPS) is 18.8. The van der Waals surface area contributed by atoms with Crippen LogP contribution in [0.2, 0.25) is 0 Å². The Bertz CT molecular complexity index is 1760.